The lowest BCUT2D eigenvalue weighted by Crippen LogP contribution is -2.24. The fraction of sp³-hybridized carbons (Fsp3) is 0.286. The molecule has 0 radical (unpaired) electrons. The van der Waals surface area contributed by atoms with Gasteiger partial charge < -0.3 is 9.32 Å². The van der Waals surface area contributed by atoms with Crippen molar-refractivity contribution in [3.8, 4) is 0 Å². The molecule has 1 saturated heterocycles. The highest BCUT2D eigenvalue weighted by Crippen LogP contribution is 2.31. The number of hydrogen-bond acceptors (Lipinski definition) is 5. The van der Waals surface area contributed by atoms with E-state index in [0.717, 1.165) is 5.69 Å². The van der Waals surface area contributed by atoms with Crippen LogP contribution in [0, 0.1) is 0 Å². The van der Waals surface area contributed by atoms with Crippen molar-refractivity contribution >= 4 is 23.5 Å². The van der Waals surface area contributed by atoms with Crippen LogP contribution in [0.4, 0.5) is 11.7 Å². The minimum atomic E-state index is -0.279. The van der Waals surface area contributed by atoms with E-state index in [1.54, 1.807) is 4.90 Å². The maximum absolute atomic E-state index is 12.1. The summed E-state index contributed by atoms with van der Waals surface area (Å²) in [5.74, 6) is -0.0534. The Hall–Kier alpha value is -2.70. The third-order valence-corrected chi connectivity index (χ3v) is 3.27. The van der Waals surface area contributed by atoms with Gasteiger partial charge in [-0.25, -0.2) is 0 Å². The molecule has 2 amide bonds. The monoisotopic (exact) mass is 286 g/mol. The lowest BCUT2D eigenvalue weighted by molar-refractivity contribution is -0.117. The largest absolute Gasteiger partial charge is 0.407 e. The van der Waals surface area contributed by atoms with Crippen LogP contribution in [-0.4, -0.2) is 28.6 Å². The highest BCUT2D eigenvalue weighted by atomic mass is 16.4. The van der Waals surface area contributed by atoms with Crippen LogP contribution < -0.4 is 10.2 Å². The molecule has 0 saturated carbocycles. The number of carbonyl (C=O) groups excluding carboxylic acids is 2. The van der Waals surface area contributed by atoms with E-state index in [4.69, 9.17) is 4.42 Å². The van der Waals surface area contributed by atoms with E-state index >= 15 is 0 Å². The van der Waals surface area contributed by atoms with Crippen LogP contribution in [0.3, 0.4) is 0 Å². The van der Waals surface area contributed by atoms with Crippen molar-refractivity contribution in [3.63, 3.8) is 0 Å². The maximum Gasteiger partial charge on any atom is 0.322 e. The van der Waals surface area contributed by atoms with Gasteiger partial charge in [0.2, 0.25) is 17.7 Å². The zero-order chi connectivity index (χ0) is 14.8. The van der Waals surface area contributed by atoms with Gasteiger partial charge in [0, 0.05) is 25.6 Å². The molecule has 1 atom stereocenters. The van der Waals surface area contributed by atoms with Gasteiger partial charge >= 0.3 is 6.01 Å². The number of rotatable bonds is 3. The van der Waals surface area contributed by atoms with E-state index in [0.29, 0.717) is 18.9 Å². The summed E-state index contributed by atoms with van der Waals surface area (Å²) in [4.78, 5) is 24.7. The predicted octanol–water partition coefficient (Wildman–Crippen LogP) is 1.55. The van der Waals surface area contributed by atoms with Crippen molar-refractivity contribution in [2.24, 2.45) is 0 Å². The lowest BCUT2D eigenvalue weighted by Gasteiger charge is -2.15. The number of carbonyl (C=O) groups is 2. The van der Waals surface area contributed by atoms with E-state index in [1.165, 1.54) is 6.92 Å². The minimum Gasteiger partial charge on any atom is -0.407 e. The van der Waals surface area contributed by atoms with Gasteiger partial charge in [0.25, 0.3) is 0 Å². The molecule has 3 rings (SSSR count). The smallest absolute Gasteiger partial charge is 0.322 e. The second-order valence-corrected chi connectivity index (χ2v) is 4.87. The summed E-state index contributed by atoms with van der Waals surface area (Å²) < 4.78 is 5.38. The van der Waals surface area contributed by atoms with Crippen molar-refractivity contribution in [1.82, 2.24) is 10.2 Å². The van der Waals surface area contributed by atoms with Gasteiger partial charge in [-0.15, -0.1) is 5.10 Å². The summed E-state index contributed by atoms with van der Waals surface area (Å²) in [6.45, 7) is 1.85. The average molecular weight is 286 g/mol. The zero-order valence-electron chi connectivity index (χ0n) is 11.4. The van der Waals surface area contributed by atoms with Gasteiger partial charge in [-0.3, -0.25) is 14.9 Å². The molecule has 1 N–H and O–H groups in total. The molecule has 21 heavy (non-hydrogen) atoms. The maximum atomic E-state index is 12.1. The summed E-state index contributed by atoms with van der Waals surface area (Å²) in [6.07, 6.45) is 0.316. The fourth-order valence-corrected chi connectivity index (χ4v) is 2.33. The Bertz CT molecular complexity index is 668. The number of anilines is 2. The Morgan fingerprint density at radius 1 is 1.33 bits per heavy atom. The number of benzene rings is 1. The summed E-state index contributed by atoms with van der Waals surface area (Å²) in [5, 5.41) is 10.1. The predicted molar refractivity (Wildman–Crippen MR) is 74.8 cm³/mol. The summed E-state index contributed by atoms with van der Waals surface area (Å²) in [5.41, 5.74) is 0.853. The SMILES string of the molecule is CC(=O)Nc1nnc([C@H]2CC(=O)N(c3ccccc3)C2)o1. The van der Waals surface area contributed by atoms with Crippen molar-refractivity contribution < 1.29 is 14.0 Å². The summed E-state index contributed by atoms with van der Waals surface area (Å²) in [6, 6.07) is 9.50. The molecule has 1 aromatic heterocycles. The fourth-order valence-electron chi connectivity index (χ4n) is 2.33. The summed E-state index contributed by atoms with van der Waals surface area (Å²) >= 11 is 0. The van der Waals surface area contributed by atoms with Gasteiger partial charge in [-0.2, -0.15) is 0 Å². The van der Waals surface area contributed by atoms with E-state index in [9.17, 15) is 9.59 Å². The molecule has 0 spiro atoms. The topological polar surface area (TPSA) is 88.3 Å². The normalized spacial score (nSPS) is 18.0. The van der Waals surface area contributed by atoms with Gasteiger partial charge in [0.15, 0.2) is 0 Å². The van der Waals surface area contributed by atoms with Gasteiger partial charge in [0.05, 0.1) is 5.92 Å². The van der Waals surface area contributed by atoms with Gasteiger partial charge in [-0.1, -0.05) is 23.3 Å². The van der Waals surface area contributed by atoms with Crippen LogP contribution in [0.5, 0.6) is 0 Å². The Morgan fingerprint density at radius 2 is 2.10 bits per heavy atom. The first-order valence-electron chi connectivity index (χ1n) is 6.60. The number of amides is 2. The first-order chi connectivity index (χ1) is 10.1. The van der Waals surface area contributed by atoms with Gasteiger partial charge in [0.1, 0.15) is 0 Å². The van der Waals surface area contributed by atoms with E-state index < -0.39 is 0 Å². The van der Waals surface area contributed by atoms with Crippen LogP contribution >= 0.6 is 0 Å². The molecule has 1 aromatic carbocycles. The van der Waals surface area contributed by atoms with Crippen LogP contribution in [-0.2, 0) is 9.59 Å². The molecule has 0 aliphatic carbocycles. The third-order valence-electron chi connectivity index (χ3n) is 3.27. The second-order valence-electron chi connectivity index (χ2n) is 4.87. The number of hydrogen-bond donors (Lipinski definition) is 1. The third kappa shape index (κ3) is 2.76. The number of nitrogens with zero attached hydrogens (tertiary/aromatic N) is 3. The molecular weight excluding hydrogens is 272 g/mol. The first-order valence-corrected chi connectivity index (χ1v) is 6.60. The molecule has 0 unspecified atom stereocenters. The molecular formula is C14H14N4O3. The highest BCUT2D eigenvalue weighted by molar-refractivity contribution is 5.96. The van der Waals surface area contributed by atoms with Crippen LogP contribution in [0.2, 0.25) is 0 Å². The Morgan fingerprint density at radius 3 is 2.81 bits per heavy atom. The minimum absolute atomic E-state index is 0.0190. The van der Waals surface area contributed by atoms with E-state index in [-0.39, 0.29) is 23.7 Å². The molecule has 2 aromatic rings. The van der Waals surface area contributed by atoms with Crippen molar-refractivity contribution in [2.45, 2.75) is 19.3 Å². The zero-order valence-corrected chi connectivity index (χ0v) is 11.4. The van der Waals surface area contributed by atoms with Gasteiger partial charge in [-0.05, 0) is 12.1 Å². The number of nitrogens with one attached hydrogen (secondary N) is 1. The second kappa shape index (κ2) is 5.35. The molecule has 108 valence electrons. The Labute approximate surface area is 121 Å². The van der Waals surface area contributed by atoms with Crippen molar-refractivity contribution in [3.05, 3.63) is 36.2 Å². The summed E-state index contributed by atoms with van der Waals surface area (Å²) in [7, 11) is 0. The first kappa shape index (κ1) is 13.3. The highest BCUT2D eigenvalue weighted by Gasteiger charge is 2.34. The molecule has 7 heteroatoms. The van der Waals surface area contributed by atoms with E-state index in [2.05, 4.69) is 15.5 Å². The van der Waals surface area contributed by atoms with E-state index in [1.807, 2.05) is 30.3 Å². The van der Waals surface area contributed by atoms with Crippen LogP contribution in [0.1, 0.15) is 25.2 Å². The molecule has 7 nitrogen and oxygen atoms in total. The average Bonchev–Trinajstić information content (AvgIpc) is 3.06. The Kier molecular flexibility index (Phi) is 3.39. The quantitative estimate of drug-likeness (QED) is 0.924. The molecule has 2 heterocycles. The van der Waals surface area contributed by atoms with Crippen LogP contribution in [0.15, 0.2) is 34.7 Å². The van der Waals surface area contributed by atoms with Crippen molar-refractivity contribution in [1.29, 1.82) is 0 Å². The standard InChI is InChI=1S/C14H14N4O3/c1-9(19)15-14-17-16-13(21-14)10-7-12(20)18(8-10)11-5-3-2-4-6-11/h2-6,10H,7-8H2,1H3,(H,15,17,19)/t10-/m0/s1. The molecule has 1 aliphatic heterocycles. The lowest BCUT2D eigenvalue weighted by atomic mass is 10.1. The van der Waals surface area contributed by atoms with Crippen LogP contribution in [0.25, 0.3) is 0 Å². The molecule has 1 fully saturated rings. The van der Waals surface area contributed by atoms with Crippen molar-refractivity contribution in [2.75, 3.05) is 16.8 Å². The Balaban J connectivity index is 1.75. The molecule has 1 aliphatic rings. The molecule has 0 bridgehead atoms. The number of para-hydroxylation sites is 1. The number of aromatic nitrogens is 2.